The number of fused-ring (bicyclic) bond motifs is 2. The standard InChI is InChI=1S/C16H17ClN2.C14H21NO2.CH3Cl/c1-10-5-7-16-14(9-10)12(3)18-13(4)15(19-16)8-6-11(2)17;1-3-7-15(8-4-2)10-12-5-6-13-14(9-12)17-11-16-13;1-2/h5-9,19H,2H2,1,3-4H3;5-6,9H,3-4,7-8,10-11H2,1-2H3;1H3/b8-6-;;. The van der Waals surface area contributed by atoms with Crippen molar-refractivity contribution in [3.05, 3.63) is 88.2 Å². The summed E-state index contributed by atoms with van der Waals surface area (Å²) in [6, 6.07) is 12.5. The van der Waals surface area contributed by atoms with Crippen molar-refractivity contribution in [2.75, 3.05) is 31.6 Å². The van der Waals surface area contributed by atoms with Gasteiger partial charge in [0, 0.05) is 34.9 Å². The summed E-state index contributed by atoms with van der Waals surface area (Å²) in [7, 11) is 0. The second kappa shape index (κ2) is 16.3. The van der Waals surface area contributed by atoms with Crippen LogP contribution in [0.1, 0.15) is 57.2 Å². The Hall–Kier alpha value is -2.73. The predicted molar refractivity (Wildman–Crippen MR) is 164 cm³/mol. The molecule has 0 atom stereocenters. The lowest BCUT2D eigenvalue weighted by atomic mass is 10.1. The lowest BCUT2D eigenvalue weighted by Crippen LogP contribution is -2.24. The molecule has 4 rings (SSSR count). The van der Waals surface area contributed by atoms with E-state index >= 15 is 0 Å². The maximum atomic E-state index is 5.77. The molecule has 0 saturated heterocycles. The van der Waals surface area contributed by atoms with E-state index in [0.29, 0.717) is 11.8 Å². The molecule has 0 spiro atoms. The zero-order valence-electron chi connectivity index (χ0n) is 23.5. The van der Waals surface area contributed by atoms with Gasteiger partial charge in [0.2, 0.25) is 6.79 Å². The lowest BCUT2D eigenvalue weighted by molar-refractivity contribution is 0.174. The molecule has 2 aromatic rings. The highest BCUT2D eigenvalue weighted by molar-refractivity contribution is 6.30. The van der Waals surface area contributed by atoms with Crippen molar-refractivity contribution in [1.29, 1.82) is 0 Å². The first kappa shape index (κ1) is 31.5. The number of alkyl halides is 1. The van der Waals surface area contributed by atoms with Crippen molar-refractivity contribution in [3.8, 4) is 11.5 Å². The SMILES string of the molecule is C=C(Cl)/C=C\C1=C(C)N=C(C)c2cc(C)ccc2N1.CCCN(CCC)Cc1ccc2c(c1)OCO2.CCl. The van der Waals surface area contributed by atoms with Gasteiger partial charge in [-0.25, -0.2) is 0 Å². The summed E-state index contributed by atoms with van der Waals surface area (Å²) in [5, 5.41) is 3.90. The van der Waals surface area contributed by atoms with E-state index in [-0.39, 0.29) is 0 Å². The smallest absolute Gasteiger partial charge is 0.231 e. The van der Waals surface area contributed by atoms with Gasteiger partial charge in [-0.05, 0) is 88.7 Å². The van der Waals surface area contributed by atoms with Gasteiger partial charge in [-0.15, -0.1) is 11.6 Å². The van der Waals surface area contributed by atoms with Crippen LogP contribution in [0.2, 0.25) is 0 Å². The van der Waals surface area contributed by atoms with Gasteiger partial charge in [-0.1, -0.05) is 49.7 Å². The van der Waals surface area contributed by atoms with Crippen LogP contribution < -0.4 is 14.8 Å². The maximum absolute atomic E-state index is 5.77. The van der Waals surface area contributed by atoms with Gasteiger partial charge < -0.3 is 14.8 Å². The average molecular weight is 559 g/mol. The molecule has 0 fully saturated rings. The molecule has 0 radical (unpaired) electrons. The summed E-state index contributed by atoms with van der Waals surface area (Å²) in [5.74, 6) is 1.75. The first-order valence-electron chi connectivity index (χ1n) is 13.0. The summed E-state index contributed by atoms with van der Waals surface area (Å²) in [6.45, 7) is 17.8. The third-order valence-corrected chi connectivity index (χ3v) is 6.04. The molecule has 206 valence electrons. The number of halogens is 2. The second-order valence-electron chi connectivity index (χ2n) is 9.11. The van der Waals surface area contributed by atoms with E-state index in [9.17, 15) is 0 Å². The number of hydrogen-bond acceptors (Lipinski definition) is 5. The van der Waals surface area contributed by atoms with Crippen LogP contribution >= 0.6 is 23.2 Å². The Labute approximate surface area is 238 Å². The molecule has 1 N–H and O–H groups in total. The van der Waals surface area contributed by atoms with E-state index in [2.05, 4.69) is 84.5 Å². The summed E-state index contributed by atoms with van der Waals surface area (Å²) >= 11 is 10.4. The molecule has 2 aliphatic rings. The Kier molecular flexibility index (Phi) is 13.5. The van der Waals surface area contributed by atoms with E-state index in [0.717, 1.165) is 59.5 Å². The van der Waals surface area contributed by atoms with E-state index < -0.39 is 0 Å². The van der Waals surface area contributed by atoms with Gasteiger partial charge in [0.15, 0.2) is 11.5 Å². The Morgan fingerprint density at radius 3 is 2.37 bits per heavy atom. The molecular formula is C31H41Cl2N3O2. The minimum atomic E-state index is 0.354. The summed E-state index contributed by atoms with van der Waals surface area (Å²) < 4.78 is 10.7. The predicted octanol–water partition coefficient (Wildman–Crippen LogP) is 8.66. The largest absolute Gasteiger partial charge is 0.454 e. The molecular weight excluding hydrogens is 517 g/mol. The Balaban J connectivity index is 0.000000252. The number of allylic oxidation sites excluding steroid dienone is 4. The number of nitrogens with zero attached hydrogens (tertiary/aromatic N) is 2. The van der Waals surface area contributed by atoms with Gasteiger partial charge in [0.05, 0.1) is 11.4 Å². The number of anilines is 1. The fraction of sp³-hybridized carbons (Fsp3) is 0.387. The number of benzene rings is 2. The van der Waals surface area contributed by atoms with E-state index in [4.69, 9.17) is 21.1 Å². The van der Waals surface area contributed by atoms with Crippen LogP contribution in [0, 0.1) is 6.92 Å². The van der Waals surface area contributed by atoms with Gasteiger partial charge in [0.1, 0.15) is 0 Å². The van der Waals surface area contributed by atoms with E-state index in [1.165, 1.54) is 30.4 Å². The fourth-order valence-corrected chi connectivity index (χ4v) is 4.27. The van der Waals surface area contributed by atoms with Crippen LogP contribution in [0.4, 0.5) is 5.69 Å². The molecule has 0 amide bonds. The van der Waals surface area contributed by atoms with Crippen molar-refractivity contribution < 1.29 is 9.47 Å². The first-order chi connectivity index (χ1) is 18.3. The minimum Gasteiger partial charge on any atom is -0.454 e. The van der Waals surface area contributed by atoms with Gasteiger partial charge in [-0.2, -0.15) is 0 Å². The molecule has 5 nitrogen and oxygen atoms in total. The molecule has 2 aromatic carbocycles. The van der Waals surface area contributed by atoms with Crippen molar-refractivity contribution in [2.24, 2.45) is 4.99 Å². The molecule has 0 saturated carbocycles. The van der Waals surface area contributed by atoms with Crippen molar-refractivity contribution in [1.82, 2.24) is 4.90 Å². The van der Waals surface area contributed by atoms with Crippen molar-refractivity contribution >= 4 is 34.6 Å². The number of aryl methyl sites for hydroxylation is 1. The highest BCUT2D eigenvalue weighted by Gasteiger charge is 2.14. The van der Waals surface area contributed by atoms with E-state index in [1.807, 2.05) is 26.0 Å². The summed E-state index contributed by atoms with van der Waals surface area (Å²) in [5.41, 5.74) is 7.59. The number of rotatable bonds is 8. The normalized spacial score (nSPS) is 13.6. The second-order valence-corrected chi connectivity index (χ2v) is 9.60. The van der Waals surface area contributed by atoms with Crippen molar-refractivity contribution in [3.63, 3.8) is 0 Å². The molecule has 38 heavy (non-hydrogen) atoms. The third-order valence-electron chi connectivity index (χ3n) is 5.91. The van der Waals surface area contributed by atoms with Crippen LogP contribution in [-0.2, 0) is 6.54 Å². The number of hydrogen-bond donors (Lipinski definition) is 1. The van der Waals surface area contributed by atoms with E-state index in [1.54, 1.807) is 6.08 Å². The van der Waals surface area contributed by atoms with Crippen LogP contribution in [0.5, 0.6) is 11.5 Å². The maximum Gasteiger partial charge on any atom is 0.231 e. The third kappa shape index (κ3) is 9.54. The number of aliphatic imine (C=N–C) groups is 1. The Morgan fingerprint density at radius 2 is 1.71 bits per heavy atom. The van der Waals surface area contributed by atoms with Gasteiger partial charge >= 0.3 is 0 Å². The van der Waals surface area contributed by atoms with Gasteiger partial charge in [0.25, 0.3) is 0 Å². The highest BCUT2D eigenvalue weighted by atomic mass is 35.5. The summed E-state index contributed by atoms with van der Waals surface area (Å²) in [6.07, 6.45) is 7.53. The number of ether oxygens (including phenoxy) is 2. The molecule has 0 aliphatic carbocycles. The zero-order chi connectivity index (χ0) is 28.1. The van der Waals surface area contributed by atoms with Crippen LogP contribution in [-0.4, -0.2) is 36.9 Å². The lowest BCUT2D eigenvalue weighted by Gasteiger charge is -2.21. The fourth-order valence-electron chi connectivity index (χ4n) is 4.21. The minimum absolute atomic E-state index is 0.354. The van der Waals surface area contributed by atoms with Crippen LogP contribution in [0.15, 0.2) is 76.5 Å². The first-order valence-corrected chi connectivity index (χ1v) is 14.1. The molecule has 2 heterocycles. The van der Waals surface area contributed by atoms with Crippen LogP contribution in [0.3, 0.4) is 0 Å². The topological polar surface area (TPSA) is 46.1 Å². The van der Waals surface area contributed by atoms with Crippen LogP contribution in [0.25, 0.3) is 0 Å². The monoisotopic (exact) mass is 557 g/mol. The Morgan fingerprint density at radius 1 is 1.03 bits per heavy atom. The Bertz CT molecular complexity index is 1170. The average Bonchev–Trinajstić information content (AvgIpc) is 3.32. The highest BCUT2D eigenvalue weighted by Crippen LogP contribution is 2.33. The molecule has 0 unspecified atom stereocenters. The van der Waals surface area contributed by atoms with Crippen molar-refractivity contribution in [2.45, 2.75) is 54.0 Å². The van der Waals surface area contributed by atoms with Gasteiger partial charge in [-0.3, -0.25) is 9.89 Å². The zero-order valence-corrected chi connectivity index (χ0v) is 25.0. The molecule has 0 bridgehead atoms. The molecule has 0 aromatic heterocycles. The number of nitrogens with one attached hydrogen (secondary N) is 1. The molecule has 2 aliphatic heterocycles. The summed E-state index contributed by atoms with van der Waals surface area (Å²) in [4.78, 5) is 7.11. The quantitative estimate of drug-likeness (QED) is 0.260. The molecule has 7 heteroatoms.